The van der Waals surface area contributed by atoms with E-state index in [2.05, 4.69) is 0 Å². The molecule has 0 bridgehead atoms. The van der Waals surface area contributed by atoms with Crippen molar-refractivity contribution in [3.05, 3.63) is 12.2 Å². The first-order valence-electron chi connectivity index (χ1n) is 7.07. The lowest BCUT2D eigenvalue weighted by Crippen LogP contribution is -2.41. The number of esters is 1. The number of hydrogen-bond acceptors (Lipinski definition) is 5. The summed E-state index contributed by atoms with van der Waals surface area (Å²) in [7, 11) is 0. The van der Waals surface area contributed by atoms with Gasteiger partial charge in [-0.2, -0.15) is 0 Å². The highest BCUT2D eigenvalue weighted by Gasteiger charge is 2.51. The van der Waals surface area contributed by atoms with E-state index in [0.29, 0.717) is 0 Å². The predicted molar refractivity (Wildman–Crippen MR) is 72.9 cm³/mol. The smallest absolute Gasteiger partial charge is 0.302 e. The largest absolute Gasteiger partial charge is 0.465 e. The quantitative estimate of drug-likeness (QED) is 0.628. The monoisotopic (exact) mass is 284 g/mol. The Labute approximate surface area is 119 Å². The fourth-order valence-electron chi connectivity index (χ4n) is 3.03. The molecule has 1 heterocycles. The second kappa shape index (κ2) is 5.47. The van der Waals surface area contributed by atoms with Crippen molar-refractivity contribution in [3.8, 4) is 0 Å². The third-order valence-corrected chi connectivity index (χ3v) is 4.03. The van der Waals surface area contributed by atoms with Gasteiger partial charge < -0.3 is 19.3 Å². The highest BCUT2D eigenvalue weighted by Crippen LogP contribution is 2.44. The molecular formula is C15H24O5. The minimum absolute atomic E-state index is 0.0179. The summed E-state index contributed by atoms with van der Waals surface area (Å²) in [5.41, 5.74) is -0.415. The van der Waals surface area contributed by atoms with E-state index in [1.807, 2.05) is 32.9 Å². The van der Waals surface area contributed by atoms with E-state index in [-0.39, 0.29) is 37.1 Å². The lowest BCUT2D eigenvalue weighted by Gasteiger charge is -2.34. The number of aliphatic hydroxyl groups excluding tert-OH is 1. The first kappa shape index (κ1) is 15.5. The molecule has 1 fully saturated rings. The molecule has 0 unspecified atom stereocenters. The summed E-state index contributed by atoms with van der Waals surface area (Å²) in [6.45, 7) is 7.41. The van der Waals surface area contributed by atoms with Gasteiger partial charge in [0.05, 0.1) is 12.7 Å². The highest BCUT2D eigenvalue weighted by molar-refractivity contribution is 5.65. The number of fused-ring (bicyclic) bond motifs is 1. The summed E-state index contributed by atoms with van der Waals surface area (Å²) in [5, 5.41) is 9.50. The Morgan fingerprint density at radius 2 is 2.20 bits per heavy atom. The average Bonchev–Trinajstić information content (AvgIpc) is 2.57. The molecule has 0 radical (unpaired) electrons. The molecule has 1 saturated heterocycles. The Balaban J connectivity index is 2.04. The summed E-state index contributed by atoms with van der Waals surface area (Å²) in [5.74, 6) is -0.903. The van der Waals surface area contributed by atoms with Crippen molar-refractivity contribution in [2.24, 2.45) is 11.8 Å². The lowest BCUT2D eigenvalue weighted by atomic mass is 9.78. The zero-order chi connectivity index (χ0) is 15.0. The van der Waals surface area contributed by atoms with Crippen LogP contribution in [-0.4, -0.2) is 41.8 Å². The van der Waals surface area contributed by atoms with Gasteiger partial charge >= 0.3 is 5.97 Å². The van der Waals surface area contributed by atoms with Crippen LogP contribution in [0.4, 0.5) is 0 Å². The number of carbonyl (C=O) groups is 1. The molecule has 2 aliphatic rings. The molecule has 0 aromatic rings. The van der Waals surface area contributed by atoms with Crippen LogP contribution in [0.3, 0.4) is 0 Å². The van der Waals surface area contributed by atoms with Crippen LogP contribution in [0, 0.1) is 11.8 Å². The van der Waals surface area contributed by atoms with Gasteiger partial charge in [-0.15, -0.1) is 0 Å². The minimum Gasteiger partial charge on any atom is -0.465 e. The van der Waals surface area contributed by atoms with Crippen molar-refractivity contribution >= 4 is 5.97 Å². The predicted octanol–water partition coefficient (Wildman–Crippen LogP) is 1.64. The van der Waals surface area contributed by atoms with Gasteiger partial charge in [-0.3, -0.25) is 4.79 Å². The van der Waals surface area contributed by atoms with Crippen LogP contribution >= 0.6 is 0 Å². The van der Waals surface area contributed by atoms with Crippen LogP contribution in [-0.2, 0) is 19.0 Å². The molecule has 4 atom stereocenters. The van der Waals surface area contributed by atoms with E-state index in [4.69, 9.17) is 14.2 Å². The maximum atomic E-state index is 10.9. The Kier molecular flexibility index (Phi) is 4.23. The standard InChI is InChI=1S/C15H24O5/c1-10(17)18-9-12(8-16)11-5-6-15(4)13(7-11)19-14(2,3)20-15/h5-6,11-13,16H,7-9H2,1-4H3/t11-,12-,13-,15+/m1/s1. The van der Waals surface area contributed by atoms with Crippen molar-refractivity contribution < 1.29 is 24.1 Å². The first-order valence-corrected chi connectivity index (χ1v) is 7.07. The van der Waals surface area contributed by atoms with Gasteiger partial charge in [-0.1, -0.05) is 12.2 Å². The number of rotatable bonds is 4. The number of ether oxygens (including phenoxy) is 3. The van der Waals surface area contributed by atoms with Crippen LogP contribution in [0.1, 0.15) is 34.1 Å². The van der Waals surface area contributed by atoms with Crippen LogP contribution in [0.15, 0.2) is 12.2 Å². The van der Waals surface area contributed by atoms with Crippen molar-refractivity contribution in [2.45, 2.75) is 51.6 Å². The van der Waals surface area contributed by atoms with E-state index in [1.165, 1.54) is 6.92 Å². The van der Waals surface area contributed by atoms with Crippen LogP contribution in [0.2, 0.25) is 0 Å². The normalized spacial score (nSPS) is 36.5. The van der Waals surface area contributed by atoms with Crippen LogP contribution in [0.5, 0.6) is 0 Å². The van der Waals surface area contributed by atoms with Gasteiger partial charge in [0, 0.05) is 19.4 Å². The molecule has 2 rings (SSSR count). The number of hydrogen-bond donors (Lipinski definition) is 1. The molecule has 1 aliphatic heterocycles. The maximum absolute atomic E-state index is 10.9. The van der Waals surface area contributed by atoms with E-state index in [0.717, 1.165) is 6.42 Å². The van der Waals surface area contributed by atoms with Gasteiger partial charge in [0.2, 0.25) is 0 Å². The van der Waals surface area contributed by atoms with Gasteiger partial charge in [-0.25, -0.2) is 0 Å². The number of carbonyl (C=O) groups excluding carboxylic acids is 1. The molecule has 0 spiro atoms. The molecule has 0 saturated carbocycles. The van der Waals surface area contributed by atoms with Crippen LogP contribution in [0.25, 0.3) is 0 Å². The average molecular weight is 284 g/mol. The second-order valence-corrected chi connectivity index (χ2v) is 6.30. The Hall–Kier alpha value is -0.910. The van der Waals surface area contributed by atoms with Gasteiger partial charge in [0.1, 0.15) is 5.60 Å². The third kappa shape index (κ3) is 3.22. The molecule has 114 valence electrons. The van der Waals surface area contributed by atoms with E-state index in [9.17, 15) is 9.90 Å². The second-order valence-electron chi connectivity index (χ2n) is 6.30. The summed E-state index contributed by atoms with van der Waals surface area (Å²) in [4.78, 5) is 10.9. The molecule has 0 aromatic heterocycles. The van der Waals surface area contributed by atoms with Crippen molar-refractivity contribution in [1.82, 2.24) is 0 Å². The molecule has 0 amide bonds. The van der Waals surface area contributed by atoms with Gasteiger partial charge in [0.15, 0.2) is 5.79 Å². The van der Waals surface area contributed by atoms with E-state index in [1.54, 1.807) is 0 Å². The maximum Gasteiger partial charge on any atom is 0.302 e. The summed E-state index contributed by atoms with van der Waals surface area (Å²) in [6.07, 6.45) is 4.77. The highest BCUT2D eigenvalue weighted by atomic mass is 16.8. The molecule has 5 heteroatoms. The van der Waals surface area contributed by atoms with Crippen molar-refractivity contribution in [1.29, 1.82) is 0 Å². The third-order valence-electron chi connectivity index (χ3n) is 4.03. The lowest BCUT2D eigenvalue weighted by molar-refractivity contribution is -0.153. The molecule has 0 aromatic carbocycles. The fraction of sp³-hybridized carbons (Fsp3) is 0.800. The SMILES string of the molecule is CC(=O)OC[C@@H](CO)[C@@H]1C=C[C@]2(C)OC(C)(C)O[C@@H]2C1. The zero-order valence-corrected chi connectivity index (χ0v) is 12.6. The first-order chi connectivity index (χ1) is 9.26. The van der Waals surface area contributed by atoms with Gasteiger partial charge in [-0.05, 0) is 33.1 Å². The zero-order valence-electron chi connectivity index (χ0n) is 12.6. The van der Waals surface area contributed by atoms with Gasteiger partial charge in [0.25, 0.3) is 0 Å². The summed E-state index contributed by atoms with van der Waals surface area (Å²) < 4.78 is 16.9. The Bertz CT molecular complexity index is 403. The molecule has 1 N–H and O–H groups in total. The van der Waals surface area contributed by atoms with Crippen molar-refractivity contribution in [3.63, 3.8) is 0 Å². The molecular weight excluding hydrogens is 260 g/mol. The van der Waals surface area contributed by atoms with Crippen molar-refractivity contribution in [2.75, 3.05) is 13.2 Å². The molecule has 5 nitrogen and oxygen atoms in total. The van der Waals surface area contributed by atoms with Crippen LogP contribution < -0.4 is 0 Å². The number of aliphatic hydroxyl groups is 1. The molecule has 20 heavy (non-hydrogen) atoms. The molecule has 1 aliphatic carbocycles. The minimum atomic E-state index is -0.594. The summed E-state index contributed by atoms with van der Waals surface area (Å²) >= 11 is 0. The topological polar surface area (TPSA) is 65.0 Å². The Morgan fingerprint density at radius 1 is 1.50 bits per heavy atom. The summed E-state index contributed by atoms with van der Waals surface area (Å²) in [6, 6.07) is 0. The Morgan fingerprint density at radius 3 is 2.80 bits per heavy atom. The van der Waals surface area contributed by atoms with E-state index >= 15 is 0 Å². The fourth-order valence-corrected chi connectivity index (χ4v) is 3.03. The van der Waals surface area contributed by atoms with E-state index < -0.39 is 11.4 Å². The number of allylic oxidation sites excluding steroid dienone is 1.